The molecule has 2 aliphatic rings. The first-order valence-corrected chi connectivity index (χ1v) is 9.93. The third-order valence-corrected chi connectivity index (χ3v) is 5.55. The van der Waals surface area contributed by atoms with Crippen molar-refractivity contribution in [2.75, 3.05) is 26.9 Å². The smallest absolute Gasteiger partial charge is 0.227 e. The molecule has 2 aromatic carbocycles. The lowest BCUT2D eigenvalue weighted by molar-refractivity contribution is -0.131. The van der Waals surface area contributed by atoms with Gasteiger partial charge in [-0.05, 0) is 55.7 Å². The molecule has 1 amide bonds. The zero-order chi connectivity index (χ0) is 20.4. The number of rotatable bonds is 5. The van der Waals surface area contributed by atoms with Gasteiger partial charge in [-0.15, -0.1) is 0 Å². The lowest BCUT2D eigenvalue weighted by Crippen LogP contribution is -2.32. The van der Waals surface area contributed by atoms with Crippen LogP contribution in [0.1, 0.15) is 47.3 Å². The van der Waals surface area contributed by atoms with Crippen molar-refractivity contribution in [3.63, 3.8) is 0 Å². The standard InChI is InChI=1S/C23H25NO5/c1-15(25)16-5-7-20(27-2)18(12-16)14-23(26)24-9-3-4-19(24)17-6-8-21-22(13-17)29-11-10-28-21/h5-8,12-13,19H,3-4,9-11,14H2,1-2H3/t19-/m1/s1. The Morgan fingerprint density at radius 1 is 1.10 bits per heavy atom. The first kappa shape index (κ1) is 19.3. The molecule has 29 heavy (non-hydrogen) atoms. The number of carbonyl (C=O) groups excluding carboxylic acids is 2. The minimum atomic E-state index is -0.0309. The average molecular weight is 395 g/mol. The number of ketones is 1. The summed E-state index contributed by atoms with van der Waals surface area (Å²) in [7, 11) is 1.57. The highest BCUT2D eigenvalue weighted by atomic mass is 16.6. The van der Waals surface area contributed by atoms with Gasteiger partial charge in [-0.3, -0.25) is 9.59 Å². The van der Waals surface area contributed by atoms with Crippen LogP contribution in [0.2, 0.25) is 0 Å². The van der Waals surface area contributed by atoms with Gasteiger partial charge in [-0.2, -0.15) is 0 Å². The van der Waals surface area contributed by atoms with E-state index in [4.69, 9.17) is 14.2 Å². The molecule has 0 N–H and O–H groups in total. The molecule has 0 bridgehead atoms. The van der Waals surface area contributed by atoms with E-state index >= 15 is 0 Å². The third-order valence-electron chi connectivity index (χ3n) is 5.55. The molecule has 0 aromatic heterocycles. The van der Waals surface area contributed by atoms with Gasteiger partial charge in [-0.1, -0.05) is 6.07 Å². The molecule has 6 nitrogen and oxygen atoms in total. The lowest BCUT2D eigenvalue weighted by atomic mass is 10.0. The van der Waals surface area contributed by atoms with Crippen LogP contribution < -0.4 is 14.2 Å². The minimum Gasteiger partial charge on any atom is -0.496 e. The maximum Gasteiger partial charge on any atom is 0.227 e. The van der Waals surface area contributed by atoms with Crippen molar-refractivity contribution in [2.24, 2.45) is 0 Å². The van der Waals surface area contributed by atoms with Gasteiger partial charge in [0.25, 0.3) is 0 Å². The molecule has 152 valence electrons. The Kier molecular flexibility index (Phi) is 5.43. The normalized spacial score (nSPS) is 17.9. The average Bonchev–Trinajstić information content (AvgIpc) is 3.23. The van der Waals surface area contributed by atoms with Crippen molar-refractivity contribution < 1.29 is 23.8 Å². The number of fused-ring (bicyclic) bond motifs is 1. The molecule has 2 aliphatic heterocycles. The van der Waals surface area contributed by atoms with Gasteiger partial charge >= 0.3 is 0 Å². The molecule has 2 aromatic rings. The van der Waals surface area contributed by atoms with E-state index in [1.54, 1.807) is 25.3 Å². The van der Waals surface area contributed by atoms with Crippen LogP contribution >= 0.6 is 0 Å². The lowest BCUT2D eigenvalue weighted by Gasteiger charge is -2.27. The predicted molar refractivity (Wildman–Crippen MR) is 108 cm³/mol. The van der Waals surface area contributed by atoms with Gasteiger partial charge < -0.3 is 19.1 Å². The van der Waals surface area contributed by atoms with Crippen molar-refractivity contribution in [2.45, 2.75) is 32.2 Å². The number of Topliss-reactive ketones (excluding diaryl/α,β-unsaturated/α-hetero) is 1. The Morgan fingerprint density at radius 2 is 1.90 bits per heavy atom. The van der Waals surface area contributed by atoms with Gasteiger partial charge in [0.2, 0.25) is 5.91 Å². The molecule has 6 heteroatoms. The monoisotopic (exact) mass is 395 g/mol. The Hall–Kier alpha value is -3.02. The molecule has 4 rings (SSSR count). The molecule has 0 aliphatic carbocycles. The summed E-state index contributed by atoms with van der Waals surface area (Å²) in [5.74, 6) is 2.11. The summed E-state index contributed by atoms with van der Waals surface area (Å²) in [5.41, 5.74) is 2.38. The highest BCUT2D eigenvalue weighted by Gasteiger charge is 2.31. The summed E-state index contributed by atoms with van der Waals surface area (Å²) >= 11 is 0. The fourth-order valence-electron chi connectivity index (χ4n) is 4.08. The summed E-state index contributed by atoms with van der Waals surface area (Å²) in [4.78, 5) is 26.8. The second-order valence-electron chi connectivity index (χ2n) is 7.41. The summed E-state index contributed by atoms with van der Waals surface area (Å²) in [6.07, 6.45) is 2.07. The fourth-order valence-corrected chi connectivity index (χ4v) is 4.08. The number of carbonyl (C=O) groups is 2. The van der Waals surface area contributed by atoms with Gasteiger partial charge in [0.1, 0.15) is 19.0 Å². The second-order valence-corrected chi connectivity index (χ2v) is 7.41. The van der Waals surface area contributed by atoms with Gasteiger partial charge in [0.05, 0.1) is 19.6 Å². The van der Waals surface area contributed by atoms with E-state index < -0.39 is 0 Å². The van der Waals surface area contributed by atoms with E-state index in [-0.39, 0.29) is 24.2 Å². The number of ether oxygens (including phenoxy) is 3. The number of hydrogen-bond donors (Lipinski definition) is 0. The maximum absolute atomic E-state index is 13.2. The number of amides is 1. The minimum absolute atomic E-state index is 0.0142. The van der Waals surface area contributed by atoms with E-state index in [0.29, 0.717) is 31.1 Å². The Morgan fingerprint density at radius 3 is 2.66 bits per heavy atom. The molecule has 1 atom stereocenters. The highest BCUT2D eigenvalue weighted by Crippen LogP contribution is 2.38. The van der Waals surface area contributed by atoms with E-state index in [1.165, 1.54) is 6.92 Å². The predicted octanol–water partition coefficient (Wildman–Crippen LogP) is 3.58. The van der Waals surface area contributed by atoms with E-state index in [1.807, 2.05) is 23.1 Å². The number of benzene rings is 2. The second kappa shape index (κ2) is 8.15. The molecule has 1 fully saturated rings. The third kappa shape index (κ3) is 3.92. The van der Waals surface area contributed by atoms with Crippen LogP contribution in [0, 0.1) is 0 Å². The summed E-state index contributed by atoms with van der Waals surface area (Å²) in [6, 6.07) is 11.2. The number of likely N-dealkylation sites (tertiary alicyclic amines) is 1. The number of nitrogens with zero attached hydrogens (tertiary/aromatic N) is 1. The molecule has 0 spiro atoms. The van der Waals surface area contributed by atoms with Gasteiger partial charge in [-0.25, -0.2) is 0 Å². The Balaban J connectivity index is 1.56. The van der Waals surface area contributed by atoms with Crippen LogP contribution in [0.3, 0.4) is 0 Å². The van der Waals surface area contributed by atoms with E-state index in [2.05, 4.69) is 0 Å². The zero-order valence-electron chi connectivity index (χ0n) is 16.8. The zero-order valence-corrected chi connectivity index (χ0v) is 16.8. The molecule has 1 saturated heterocycles. The Bertz CT molecular complexity index is 939. The van der Waals surface area contributed by atoms with Crippen LogP contribution in [0.5, 0.6) is 17.2 Å². The first-order chi connectivity index (χ1) is 14.1. The van der Waals surface area contributed by atoms with Crippen LogP contribution in [0.25, 0.3) is 0 Å². The molecule has 0 unspecified atom stereocenters. The van der Waals surface area contributed by atoms with Crippen molar-refractivity contribution in [1.29, 1.82) is 0 Å². The van der Waals surface area contributed by atoms with Crippen LogP contribution in [-0.4, -0.2) is 43.5 Å². The largest absolute Gasteiger partial charge is 0.496 e. The van der Waals surface area contributed by atoms with Crippen LogP contribution in [-0.2, 0) is 11.2 Å². The summed E-state index contributed by atoms with van der Waals surface area (Å²) in [5, 5.41) is 0. The van der Waals surface area contributed by atoms with Gasteiger partial charge in [0, 0.05) is 17.7 Å². The highest BCUT2D eigenvalue weighted by molar-refractivity contribution is 5.94. The summed E-state index contributed by atoms with van der Waals surface area (Å²) < 4.78 is 16.7. The fraction of sp³-hybridized carbons (Fsp3) is 0.391. The molecule has 2 heterocycles. The number of methoxy groups -OCH3 is 1. The van der Waals surface area contributed by atoms with Crippen LogP contribution in [0.4, 0.5) is 0 Å². The van der Waals surface area contributed by atoms with Crippen molar-refractivity contribution in [3.05, 3.63) is 53.1 Å². The topological polar surface area (TPSA) is 65.1 Å². The van der Waals surface area contributed by atoms with E-state index in [0.717, 1.165) is 35.5 Å². The SMILES string of the molecule is COc1ccc(C(C)=O)cc1CC(=O)N1CCC[C@@H]1c1ccc2c(c1)OCCO2. The Labute approximate surface area is 170 Å². The molecular formula is C23H25NO5. The molecule has 0 radical (unpaired) electrons. The summed E-state index contributed by atoms with van der Waals surface area (Å²) in [6.45, 7) is 3.33. The number of hydrogen-bond acceptors (Lipinski definition) is 5. The van der Waals surface area contributed by atoms with Crippen molar-refractivity contribution in [3.8, 4) is 17.2 Å². The van der Waals surface area contributed by atoms with Gasteiger partial charge in [0.15, 0.2) is 17.3 Å². The quantitative estimate of drug-likeness (QED) is 0.724. The van der Waals surface area contributed by atoms with Crippen LogP contribution in [0.15, 0.2) is 36.4 Å². The first-order valence-electron chi connectivity index (χ1n) is 9.93. The molecular weight excluding hydrogens is 370 g/mol. The molecule has 0 saturated carbocycles. The van der Waals surface area contributed by atoms with E-state index in [9.17, 15) is 9.59 Å². The van der Waals surface area contributed by atoms with Crippen molar-refractivity contribution in [1.82, 2.24) is 4.90 Å². The maximum atomic E-state index is 13.2. The van der Waals surface area contributed by atoms with Crippen molar-refractivity contribution >= 4 is 11.7 Å².